The second-order valence-corrected chi connectivity index (χ2v) is 8.65. The number of carboxylic acids is 1. The molecule has 2 N–H and O–H groups in total. The van der Waals surface area contributed by atoms with E-state index in [9.17, 15) is 23.5 Å². The Morgan fingerprint density at radius 1 is 1.18 bits per heavy atom. The highest BCUT2D eigenvalue weighted by Gasteiger charge is 2.35. The molecule has 2 heterocycles. The molecule has 4 rings (SSSR count). The van der Waals surface area contributed by atoms with Gasteiger partial charge in [0.25, 0.3) is 5.92 Å². The first-order valence-electron chi connectivity index (χ1n) is 10.9. The van der Waals surface area contributed by atoms with Gasteiger partial charge in [-0.3, -0.25) is 4.79 Å². The minimum atomic E-state index is -2.71. The summed E-state index contributed by atoms with van der Waals surface area (Å²) in [7, 11) is 0. The van der Waals surface area contributed by atoms with E-state index in [1.807, 2.05) is 19.9 Å². The molecule has 1 atom stereocenters. The number of piperidine rings is 1. The molecule has 1 unspecified atom stereocenters. The van der Waals surface area contributed by atoms with Gasteiger partial charge in [0.15, 0.2) is 5.43 Å². The SMILES string of the molecule is Cc1cc(C(C)Nc2ccccc2C(=O)O)c2oc(N3CCC(F)(F)CC3)c(C)c(=O)c2c1. The van der Waals surface area contributed by atoms with Crippen LogP contribution in [0.1, 0.15) is 52.9 Å². The number of carboxylic acid groups (broad SMARTS) is 1. The van der Waals surface area contributed by atoms with Crippen molar-refractivity contribution in [2.24, 2.45) is 0 Å². The minimum absolute atomic E-state index is 0.100. The van der Waals surface area contributed by atoms with E-state index in [4.69, 9.17) is 4.42 Å². The van der Waals surface area contributed by atoms with Gasteiger partial charge in [0.2, 0.25) is 5.88 Å². The van der Waals surface area contributed by atoms with E-state index in [2.05, 4.69) is 5.32 Å². The van der Waals surface area contributed by atoms with Gasteiger partial charge >= 0.3 is 5.97 Å². The molecule has 0 bridgehead atoms. The first kappa shape index (κ1) is 22.8. The third kappa shape index (κ3) is 4.42. The van der Waals surface area contributed by atoms with Gasteiger partial charge < -0.3 is 19.7 Å². The maximum absolute atomic E-state index is 13.7. The summed E-state index contributed by atoms with van der Waals surface area (Å²) < 4.78 is 33.6. The van der Waals surface area contributed by atoms with E-state index in [-0.39, 0.29) is 36.9 Å². The highest BCUT2D eigenvalue weighted by atomic mass is 19.3. The van der Waals surface area contributed by atoms with Crippen LogP contribution in [0.5, 0.6) is 0 Å². The van der Waals surface area contributed by atoms with Crippen molar-refractivity contribution in [2.45, 2.75) is 45.6 Å². The number of aryl methyl sites for hydroxylation is 1. The Bertz CT molecular complexity index is 1280. The smallest absolute Gasteiger partial charge is 0.337 e. The molecular weight excluding hydrogens is 430 g/mol. The molecule has 1 aliphatic rings. The number of para-hydroxylation sites is 1. The highest BCUT2D eigenvalue weighted by molar-refractivity contribution is 5.94. The Morgan fingerprint density at radius 3 is 2.52 bits per heavy atom. The van der Waals surface area contributed by atoms with Gasteiger partial charge in [-0.05, 0) is 44.5 Å². The lowest BCUT2D eigenvalue weighted by Crippen LogP contribution is -2.40. The summed E-state index contributed by atoms with van der Waals surface area (Å²) in [5, 5.41) is 13.1. The lowest BCUT2D eigenvalue weighted by molar-refractivity contribution is -0.0225. The summed E-state index contributed by atoms with van der Waals surface area (Å²) >= 11 is 0. The zero-order valence-corrected chi connectivity index (χ0v) is 18.7. The zero-order chi connectivity index (χ0) is 23.9. The Kier molecular flexibility index (Phi) is 5.86. The van der Waals surface area contributed by atoms with Crippen LogP contribution in [0.2, 0.25) is 0 Å². The molecule has 1 saturated heterocycles. The van der Waals surface area contributed by atoms with E-state index in [0.29, 0.717) is 33.7 Å². The quantitative estimate of drug-likeness (QED) is 0.526. The molecule has 1 fully saturated rings. The van der Waals surface area contributed by atoms with Crippen molar-refractivity contribution in [1.82, 2.24) is 0 Å². The fourth-order valence-electron chi connectivity index (χ4n) is 4.32. The Labute approximate surface area is 189 Å². The number of fused-ring (bicyclic) bond motifs is 1. The lowest BCUT2D eigenvalue weighted by atomic mass is 9.99. The monoisotopic (exact) mass is 456 g/mol. The lowest BCUT2D eigenvalue weighted by Gasteiger charge is -2.33. The summed E-state index contributed by atoms with van der Waals surface area (Å²) in [5.74, 6) is -3.45. The number of carbonyl (C=O) groups is 1. The maximum Gasteiger partial charge on any atom is 0.337 e. The first-order valence-corrected chi connectivity index (χ1v) is 10.9. The van der Waals surface area contributed by atoms with Crippen LogP contribution in [-0.2, 0) is 0 Å². The maximum atomic E-state index is 13.7. The van der Waals surface area contributed by atoms with Crippen LogP contribution in [0.3, 0.4) is 0 Å². The van der Waals surface area contributed by atoms with Gasteiger partial charge in [0.05, 0.1) is 22.6 Å². The number of hydrogen-bond acceptors (Lipinski definition) is 5. The zero-order valence-electron chi connectivity index (χ0n) is 18.7. The molecule has 6 nitrogen and oxygen atoms in total. The standard InChI is InChI=1S/C25H26F2N2O4/c1-14-12-18(16(3)28-20-7-5-4-6-17(20)24(31)32)22-19(13-14)21(30)15(2)23(33-22)29-10-8-25(26,27)9-11-29/h4-7,12-13,16,28H,8-11H2,1-3H3,(H,31,32). The average molecular weight is 456 g/mol. The normalized spacial score (nSPS) is 16.6. The van der Waals surface area contributed by atoms with E-state index < -0.39 is 17.9 Å². The van der Waals surface area contributed by atoms with Crippen LogP contribution < -0.4 is 15.6 Å². The number of aromatic carboxylic acids is 1. The number of benzene rings is 2. The Hall–Kier alpha value is -3.42. The molecule has 0 saturated carbocycles. The third-order valence-corrected chi connectivity index (χ3v) is 6.14. The molecule has 0 aliphatic carbocycles. The molecular formula is C25H26F2N2O4. The molecule has 0 spiro atoms. The summed E-state index contributed by atoms with van der Waals surface area (Å²) in [6.45, 7) is 5.58. The van der Waals surface area contributed by atoms with Crippen molar-refractivity contribution in [2.75, 3.05) is 23.3 Å². The molecule has 0 radical (unpaired) electrons. The summed E-state index contributed by atoms with van der Waals surface area (Å²) in [6, 6.07) is 9.83. The minimum Gasteiger partial charge on any atom is -0.478 e. The van der Waals surface area contributed by atoms with Gasteiger partial charge in [0, 0.05) is 37.2 Å². The van der Waals surface area contributed by atoms with Crippen LogP contribution >= 0.6 is 0 Å². The van der Waals surface area contributed by atoms with Gasteiger partial charge in [-0.15, -0.1) is 0 Å². The summed E-state index contributed by atoms with van der Waals surface area (Å²) in [6.07, 6.45) is -0.586. The largest absolute Gasteiger partial charge is 0.478 e. The number of hydrogen-bond donors (Lipinski definition) is 2. The average Bonchev–Trinajstić information content (AvgIpc) is 2.76. The molecule has 1 aliphatic heterocycles. The molecule has 174 valence electrons. The van der Waals surface area contributed by atoms with E-state index in [0.717, 1.165) is 5.56 Å². The number of anilines is 2. The molecule has 3 aromatic rings. The van der Waals surface area contributed by atoms with Crippen LogP contribution in [0, 0.1) is 13.8 Å². The van der Waals surface area contributed by atoms with Crippen molar-refractivity contribution >= 4 is 28.5 Å². The molecule has 8 heteroatoms. The third-order valence-electron chi connectivity index (χ3n) is 6.14. The van der Waals surface area contributed by atoms with Crippen LogP contribution in [0.15, 0.2) is 45.6 Å². The van der Waals surface area contributed by atoms with Crippen molar-refractivity contribution in [1.29, 1.82) is 0 Å². The second-order valence-electron chi connectivity index (χ2n) is 8.65. The van der Waals surface area contributed by atoms with Gasteiger partial charge in [-0.1, -0.05) is 18.2 Å². The second kappa shape index (κ2) is 8.50. The molecule has 0 amide bonds. The van der Waals surface area contributed by atoms with Crippen molar-refractivity contribution in [3.8, 4) is 0 Å². The highest BCUT2D eigenvalue weighted by Crippen LogP contribution is 2.35. The topological polar surface area (TPSA) is 82.8 Å². The molecule has 2 aromatic carbocycles. The van der Waals surface area contributed by atoms with Crippen LogP contribution in [-0.4, -0.2) is 30.1 Å². The predicted octanol–water partition coefficient (Wildman–Crippen LogP) is 5.52. The van der Waals surface area contributed by atoms with Crippen LogP contribution in [0.4, 0.5) is 20.4 Å². The fraction of sp³-hybridized carbons (Fsp3) is 0.360. The van der Waals surface area contributed by atoms with E-state index >= 15 is 0 Å². The first-order chi connectivity index (χ1) is 15.6. The Balaban J connectivity index is 1.80. The number of rotatable bonds is 5. The van der Waals surface area contributed by atoms with Gasteiger partial charge in [0.1, 0.15) is 5.58 Å². The van der Waals surface area contributed by atoms with Gasteiger partial charge in [-0.25, -0.2) is 13.6 Å². The van der Waals surface area contributed by atoms with Gasteiger partial charge in [-0.2, -0.15) is 0 Å². The summed E-state index contributed by atoms with van der Waals surface area (Å²) in [5.41, 5.74) is 2.68. The summed E-state index contributed by atoms with van der Waals surface area (Å²) in [4.78, 5) is 26.5. The van der Waals surface area contributed by atoms with Crippen molar-refractivity contribution in [3.05, 3.63) is 68.9 Å². The predicted molar refractivity (Wildman–Crippen MR) is 124 cm³/mol. The number of alkyl halides is 2. The van der Waals surface area contributed by atoms with Crippen molar-refractivity contribution in [3.63, 3.8) is 0 Å². The van der Waals surface area contributed by atoms with Crippen LogP contribution in [0.25, 0.3) is 11.0 Å². The number of halogens is 2. The molecule has 33 heavy (non-hydrogen) atoms. The van der Waals surface area contributed by atoms with Crippen molar-refractivity contribution < 1.29 is 23.1 Å². The fourth-order valence-corrected chi connectivity index (χ4v) is 4.32. The van der Waals surface area contributed by atoms with E-state index in [1.54, 1.807) is 36.1 Å². The number of nitrogens with zero attached hydrogens (tertiary/aromatic N) is 1. The molecule has 1 aromatic heterocycles. The Morgan fingerprint density at radius 2 is 1.85 bits per heavy atom. The van der Waals surface area contributed by atoms with E-state index in [1.165, 1.54) is 6.07 Å². The number of nitrogens with one attached hydrogen (secondary N) is 1.